The molecular formula is C25H22ClFN6O4S. The summed E-state index contributed by atoms with van der Waals surface area (Å²) in [6.45, 7) is 1.81. The number of rotatable bonds is 7. The fraction of sp³-hybridized carbons (Fsp3) is 0.120. The predicted octanol–water partition coefficient (Wildman–Crippen LogP) is 4.93. The van der Waals surface area contributed by atoms with Crippen molar-refractivity contribution >= 4 is 45.1 Å². The number of sulfonamides is 1. The summed E-state index contributed by atoms with van der Waals surface area (Å²) in [7, 11) is -1.28. The van der Waals surface area contributed by atoms with Gasteiger partial charge in [-0.25, -0.2) is 42.2 Å². The van der Waals surface area contributed by atoms with Crippen LogP contribution in [0.1, 0.15) is 5.56 Å². The molecule has 196 valence electrons. The van der Waals surface area contributed by atoms with Gasteiger partial charge in [0.25, 0.3) is 10.0 Å². The lowest BCUT2D eigenvalue weighted by molar-refractivity contribution is 0.250. The molecule has 10 nitrogen and oxygen atoms in total. The zero-order valence-corrected chi connectivity index (χ0v) is 22.0. The molecule has 38 heavy (non-hydrogen) atoms. The maximum Gasteiger partial charge on any atom is 0.327 e. The van der Waals surface area contributed by atoms with Crippen molar-refractivity contribution in [3.63, 3.8) is 0 Å². The van der Waals surface area contributed by atoms with Gasteiger partial charge in [0.05, 0.1) is 12.8 Å². The number of nitrogens with one attached hydrogen (secondary N) is 2. The van der Waals surface area contributed by atoms with Gasteiger partial charge in [-0.2, -0.15) is 0 Å². The second-order valence-corrected chi connectivity index (χ2v) is 9.98. The van der Waals surface area contributed by atoms with Gasteiger partial charge < -0.3 is 10.1 Å². The Morgan fingerprint density at radius 2 is 1.82 bits per heavy atom. The monoisotopic (exact) mass is 556 g/mol. The van der Waals surface area contributed by atoms with Crippen LogP contribution in [-0.2, 0) is 10.0 Å². The van der Waals surface area contributed by atoms with E-state index in [0.29, 0.717) is 10.6 Å². The second kappa shape index (κ2) is 11.0. The van der Waals surface area contributed by atoms with Crippen LogP contribution in [0, 0.1) is 12.7 Å². The SMILES string of the molecule is CNC(=O)N(c1ccc(S(=O)(=O)Nc2ncccn2)cn1)c1cc(F)c(-c2ccc(Cl)c(C)c2)cc1OC. The molecule has 2 heterocycles. The summed E-state index contributed by atoms with van der Waals surface area (Å²) < 4.78 is 48.5. The molecule has 0 saturated heterocycles. The van der Waals surface area contributed by atoms with Gasteiger partial charge in [0, 0.05) is 42.3 Å². The van der Waals surface area contributed by atoms with Gasteiger partial charge in [-0.1, -0.05) is 17.7 Å². The number of nitrogens with zero attached hydrogens (tertiary/aromatic N) is 4. The van der Waals surface area contributed by atoms with E-state index in [-0.39, 0.29) is 33.7 Å². The van der Waals surface area contributed by atoms with Crippen LogP contribution in [0.4, 0.5) is 26.6 Å². The fourth-order valence-corrected chi connectivity index (χ4v) is 4.58. The molecule has 2 aromatic carbocycles. The molecule has 0 aliphatic carbocycles. The van der Waals surface area contributed by atoms with E-state index in [1.54, 1.807) is 31.2 Å². The van der Waals surface area contributed by atoms with Gasteiger partial charge in [0.2, 0.25) is 5.95 Å². The van der Waals surface area contributed by atoms with Crippen molar-refractivity contribution in [1.29, 1.82) is 0 Å². The highest BCUT2D eigenvalue weighted by molar-refractivity contribution is 7.92. The van der Waals surface area contributed by atoms with Crippen molar-refractivity contribution in [1.82, 2.24) is 20.3 Å². The Morgan fingerprint density at radius 1 is 1.08 bits per heavy atom. The molecular weight excluding hydrogens is 535 g/mol. The molecule has 4 rings (SSSR count). The van der Waals surface area contributed by atoms with E-state index in [2.05, 4.69) is 25.0 Å². The molecule has 4 aromatic rings. The molecule has 0 aliphatic rings. The first-order chi connectivity index (χ1) is 18.1. The van der Waals surface area contributed by atoms with E-state index in [1.807, 2.05) is 0 Å². The maximum atomic E-state index is 15.4. The standard InChI is InChI=1S/C25H22ClFN6O4S/c1-15-11-16(5-7-19(15)26)18-12-22(37-3)21(13-20(18)27)33(25(34)28-2)23-8-6-17(14-31-23)38(35,36)32-24-29-9-4-10-30-24/h4-14H,1-3H3,(H,28,34)(H,29,30,32). The van der Waals surface area contributed by atoms with E-state index < -0.39 is 21.9 Å². The van der Waals surface area contributed by atoms with Gasteiger partial charge in [-0.3, -0.25) is 0 Å². The first-order valence-corrected chi connectivity index (χ1v) is 12.9. The zero-order valence-electron chi connectivity index (χ0n) is 20.4. The van der Waals surface area contributed by atoms with Crippen molar-refractivity contribution in [2.24, 2.45) is 0 Å². The van der Waals surface area contributed by atoms with Crippen LogP contribution in [0.5, 0.6) is 5.75 Å². The number of benzene rings is 2. The Hall–Kier alpha value is -4.29. The largest absolute Gasteiger partial charge is 0.495 e. The van der Waals surface area contributed by atoms with E-state index in [1.165, 1.54) is 44.8 Å². The number of urea groups is 1. The van der Waals surface area contributed by atoms with E-state index in [0.717, 1.165) is 22.7 Å². The summed E-state index contributed by atoms with van der Waals surface area (Å²) in [5.74, 6) is -0.534. The van der Waals surface area contributed by atoms with Gasteiger partial charge in [-0.05, 0) is 54.4 Å². The lowest BCUT2D eigenvalue weighted by Gasteiger charge is -2.24. The second-order valence-electron chi connectivity index (χ2n) is 7.89. The third-order valence-electron chi connectivity index (χ3n) is 5.45. The summed E-state index contributed by atoms with van der Waals surface area (Å²) in [5, 5.41) is 3.03. The molecule has 0 spiro atoms. The van der Waals surface area contributed by atoms with Crippen LogP contribution in [-0.4, -0.2) is 43.6 Å². The first-order valence-electron chi connectivity index (χ1n) is 11.1. The number of halogens is 2. The number of hydrogen-bond acceptors (Lipinski definition) is 7. The summed E-state index contributed by atoms with van der Waals surface area (Å²) in [4.78, 5) is 25.6. The quantitative estimate of drug-likeness (QED) is 0.330. The summed E-state index contributed by atoms with van der Waals surface area (Å²) >= 11 is 6.11. The number of carbonyl (C=O) groups is 1. The third kappa shape index (κ3) is 5.50. The molecule has 0 fully saturated rings. The lowest BCUT2D eigenvalue weighted by Crippen LogP contribution is -2.35. The van der Waals surface area contributed by atoms with Crippen molar-refractivity contribution < 1.29 is 22.3 Å². The molecule has 0 unspecified atom stereocenters. The number of aromatic nitrogens is 3. The van der Waals surface area contributed by atoms with Crippen LogP contribution in [0.2, 0.25) is 5.02 Å². The van der Waals surface area contributed by atoms with Crippen LogP contribution in [0.15, 0.2) is 72.0 Å². The normalized spacial score (nSPS) is 11.1. The number of methoxy groups -OCH3 is 1. The van der Waals surface area contributed by atoms with Crippen LogP contribution < -0.4 is 19.7 Å². The Bertz CT molecular complexity index is 1590. The van der Waals surface area contributed by atoms with Crippen LogP contribution >= 0.6 is 11.6 Å². The van der Waals surface area contributed by atoms with Crippen molar-refractivity contribution in [2.75, 3.05) is 23.8 Å². The third-order valence-corrected chi connectivity index (χ3v) is 7.18. The number of anilines is 3. The Labute approximate surface area is 223 Å². The fourth-order valence-electron chi connectivity index (χ4n) is 3.56. The highest BCUT2D eigenvalue weighted by atomic mass is 35.5. The first kappa shape index (κ1) is 26.8. The van der Waals surface area contributed by atoms with Gasteiger partial charge in [-0.15, -0.1) is 0 Å². The Kier molecular flexibility index (Phi) is 7.74. The van der Waals surface area contributed by atoms with Crippen molar-refractivity contribution in [3.8, 4) is 16.9 Å². The molecule has 13 heteroatoms. The minimum Gasteiger partial charge on any atom is -0.495 e. The maximum absolute atomic E-state index is 15.4. The average Bonchev–Trinajstić information content (AvgIpc) is 2.91. The number of ether oxygens (including phenoxy) is 1. The topological polar surface area (TPSA) is 126 Å². The zero-order chi connectivity index (χ0) is 27.4. The Morgan fingerprint density at radius 3 is 2.42 bits per heavy atom. The molecule has 2 aromatic heterocycles. The van der Waals surface area contributed by atoms with E-state index in [4.69, 9.17) is 16.3 Å². The Balaban J connectivity index is 1.74. The predicted molar refractivity (Wildman–Crippen MR) is 142 cm³/mol. The molecule has 2 N–H and O–H groups in total. The minimum absolute atomic E-state index is 0.0204. The van der Waals surface area contributed by atoms with Crippen LogP contribution in [0.25, 0.3) is 11.1 Å². The van der Waals surface area contributed by atoms with Crippen molar-refractivity contribution in [3.05, 3.63) is 83.5 Å². The summed E-state index contributed by atoms with van der Waals surface area (Å²) in [5.41, 5.74) is 1.64. The minimum atomic E-state index is -4.06. The highest BCUT2D eigenvalue weighted by Gasteiger charge is 2.25. The smallest absolute Gasteiger partial charge is 0.327 e. The van der Waals surface area contributed by atoms with E-state index >= 15 is 4.39 Å². The number of amides is 2. The number of pyridine rings is 1. The highest BCUT2D eigenvalue weighted by Crippen LogP contribution is 2.39. The van der Waals surface area contributed by atoms with Crippen LogP contribution in [0.3, 0.4) is 0 Å². The molecule has 0 aliphatic heterocycles. The number of aryl methyl sites for hydroxylation is 1. The summed E-state index contributed by atoms with van der Waals surface area (Å²) in [6.07, 6.45) is 3.84. The van der Waals surface area contributed by atoms with Crippen molar-refractivity contribution in [2.45, 2.75) is 11.8 Å². The number of hydrogen-bond donors (Lipinski definition) is 2. The molecule has 0 saturated carbocycles. The number of carbonyl (C=O) groups excluding carboxylic acids is 1. The molecule has 0 radical (unpaired) electrons. The summed E-state index contributed by atoms with van der Waals surface area (Å²) in [6, 6.07) is 11.1. The van der Waals surface area contributed by atoms with Gasteiger partial charge in [0.1, 0.15) is 22.3 Å². The average molecular weight is 557 g/mol. The van der Waals surface area contributed by atoms with Gasteiger partial charge in [0.15, 0.2) is 0 Å². The molecule has 0 bridgehead atoms. The van der Waals surface area contributed by atoms with E-state index in [9.17, 15) is 13.2 Å². The molecule has 2 amide bonds. The lowest BCUT2D eigenvalue weighted by atomic mass is 10.0. The molecule has 0 atom stereocenters. The van der Waals surface area contributed by atoms with Gasteiger partial charge >= 0.3 is 6.03 Å².